The van der Waals surface area contributed by atoms with Crippen molar-refractivity contribution in [3.05, 3.63) is 48.5 Å². The lowest BCUT2D eigenvalue weighted by Gasteiger charge is -2.37. The van der Waals surface area contributed by atoms with Crippen molar-refractivity contribution in [1.29, 1.82) is 0 Å². The average molecular weight is 349 g/mol. The van der Waals surface area contributed by atoms with Gasteiger partial charge in [-0.1, -0.05) is 49.9 Å². The lowest BCUT2D eigenvalue weighted by atomic mass is 10.1. The average Bonchev–Trinajstić information content (AvgIpc) is 2.55. The van der Waals surface area contributed by atoms with Crippen LogP contribution in [0.4, 0.5) is 11.4 Å². The Labute approximate surface area is 151 Å². The summed E-state index contributed by atoms with van der Waals surface area (Å²) in [5, 5.41) is 0. The molecular weight excluding hydrogens is 324 g/mol. The monoisotopic (exact) mass is 348 g/mol. The first kappa shape index (κ1) is 18.2. The Balaban J connectivity index is 0.00000144. The molecule has 2 aromatic rings. The van der Waals surface area contributed by atoms with Crippen LogP contribution < -0.4 is 17.3 Å². The number of benzene rings is 2. The van der Waals surface area contributed by atoms with E-state index < -0.39 is 0 Å². The van der Waals surface area contributed by atoms with Gasteiger partial charge in [-0.3, -0.25) is 4.90 Å². The summed E-state index contributed by atoms with van der Waals surface area (Å²) in [6.45, 7) is 10.0. The Morgan fingerprint density at radius 3 is 1.91 bits per heavy atom. The van der Waals surface area contributed by atoms with Gasteiger partial charge < -0.3 is 17.3 Å². The summed E-state index contributed by atoms with van der Waals surface area (Å²) in [6.07, 6.45) is 0. The maximum Gasteiger partial charge on any atom is 1.00 e. The third kappa shape index (κ3) is 3.68. The van der Waals surface area contributed by atoms with E-state index in [1.54, 1.807) is 0 Å². The molecule has 0 spiro atoms. The number of nitrogens with zero attached hydrogens (tertiary/aromatic N) is 2. The normalized spacial score (nSPS) is 14.0. The van der Waals surface area contributed by atoms with Crippen LogP contribution >= 0.6 is 11.8 Å². The summed E-state index contributed by atoms with van der Waals surface area (Å²) >= 11 is 1.88. The molecule has 4 heteroatoms. The molecule has 0 bridgehead atoms. The van der Waals surface area contributed by atoms with Crippen LogP contribution in [0, 0.1) is 0 Å². The van der Waals surface area contributed by atoms with Gasteiger partial charge in [0.2, 0.25) is 0 Å². The van der Waals surface area contributed by atoms with Gasteiger partial charge in [0.05, 0.1) is 11.4 Å². The van der Waals surface area contributed by atoms with Gasteiger partial charge in [-0.2, -0.15) is 0 Å². The Hall–Kier alpha value is -1.16. The fourth-order valence-corrected chi connectivity index (χ4v) is 4.30. The van der Waals surface area contributed by atoms with Gasteiger partial charge in [0, 0.05) is 22.4 Å². The molecule has 1 heterocycles. The molecule has 1 atom stereocenters. The van der Waals surface area contributed by atoms with Crippen LogP contribution in [-0.2, 0) is 0 Å². The Kier molecular flexibility index (Phi) is 6.40. The zero-order valence-electron chi connectivity index (χ0n) is 15.0. The van der Waals surface area contributed by atoms with Gasteiger partial charge in [-0.05, 0) is 44.3 Å². The Morgan fingerprint density at radius 1 is 0.957 bits per heavy atom. The quantitative estimate of drug-likeness (QED) is 0.817. The number of rotatable bonds is 5. The second-order valence-electron chi connectivity index (χ2n) is 5.72. The lowest BCUT2D eigenvalue weighted by molar-refractivity contribution is -0.00000466. The molecule has 1 aliphatic heterocycles. The summed E-state index contributed by atoms with van der Waals surface area (Å²) in [7, 11) is 0. The fraction of sp³-hybridized carbons (Fsp3) is 0.368. The molecule has 1 aliphatic rings. The first-order chi connectivity index (χ1) is 10.7. The largest absolute Gasteiger partial charge is 1.00 e. The van der Waals surface area contributed by atoms with E-state index in [2.05, 4.69) is 79.1 Å². The molecule has 0 aliphatic carbocycles. The van der Waals surface area contributed by atoms with Crippen LogP contribution in [0.3, 0.4) is 0 Å². The Morgan fingerprint density at radius 2 is 1.43 bits per heavy atom. The highest BCUT2D eigenvalue weighted by atomic mass is 35.5. The molecular formula is C19H25ClN2S. The van der Waals surface area contributed by atoms with E-state index in [0.29, 0.717) is 6.04 Å². The van der Waals surface area contributed by atoms with E-state index >= 15 is 0 Å². The van der Waals surface area contributed by atoms with Gasteiger partial charge >= 0.3 is 1.43 Å². The molecule has 0 saturated heterocycles. The smallest absolute Gasteiger partial charge is 1.00 e. The van der Waals surface area contributed by atoms with Crippen molar-refractivity contribution >= 4 is 23.1 Å². The summed E-state index contributed by atoms with van der Waals surface area (Å²) in [5.74, 6) is 0. The maximum atomic E-state index is 2.52. The summed E-state index contributed by atoms with van der Waals surface area (Å²) < 4.78 is 0. The highest BCUT2D eigenvalue weighted by molar-refractivity contribution is 7.99. The van der Waals surface area contributed by atoms with Crippen LogP contribution in [0.15, 0.2) is 58.3 Å². The minimum Gasteiger partial charge on any atom is -1.00 e. The van der Waals surface area contributed by atoms with E-state index in [9.17, 15) is 0 Å². The zero-order valence-corrected chi connectivity index (χ0v) is 15.6. The zero-order chi connectivity index (χ0) is 15.5. The van der Waals surface area contributed by atoms with Crippen molar-refractivity contribution in [2.24, 2.45) is 0 Å². The predicted octanol–water partition coefficient (Wildman–Crippen LogP) is 2.14. The van der Waals surface area contributed by atoms with Crippen LogP contribution in [0.25, 0.3) is 0 Å². The number of anilines is 2. The number of para-hydroxylation sites is 2. The van der Waals surface area contributed by atoms with Gasteiger partial charge in [0.25, 0.3) is 0 Å². The van der Waals surface area contributed by atoms with Crippen molar-refractivity contribution in [1.82, 2.24) is 4.90 Å². The topological polar surface area (TPSA) is 6.48 Å². The molecule has 0 N–H and O–H groups in total. The molecule has 1 unspecified atom stereocenters. The van der Waals surface area contributed by atoms with Crippen molar-refractivity contribution in [2.45, 2.75) is 36.6 Å². The second-order valence-corrected chi connectivity index (χ2v) is 6.80. The van der Waals surface area contributed by atoms with E-state index in [-0.39, 0.29) is 13.8 Å². The van der Waals surface area contributed by atoms with Crippen LogP contribution in [0.5, 0.6) is 0 Å². The Bertz CT molecular complexity index is 603. The number of hydrogen-bond acceptors (Lipinski definition) is 3. The summed E-state index contributed by atoms with van der Waals surface area (Å²) in [5.41, 5.74) is 2.68. The molecule has 23 heavy (non-hydrogen) atoms. The second kappa shape index (κ2) is 8.09. The van der Waals surface area contributed by atoms with E-state index in [4.69, 9.17) is 0 Å². The number of halogens is 1. The molecule has 2 nitrogen and oxygen atoms in total. The SMILES string of the molecule is CCN(CC)C(C)CN1c2ccccc2Sc2ccccc21.[Cl-].[H+]. The first-order valence-corrected chi connectivity index (χ1v) is 8.93. The molecule has 2 aromatic carbocycles. The highest BCUT2D eigenvalue weighted by Gasteiger charge is 2.25. The van der Waals surface area contributed by atoms with E-state index in [1.165, 1.54) is 21.2 Å². The van der Waals surface area contributed by atoms with Gasteiger partial charge in [0.1, 0.15) is 0 Å². The first-order valence-electron chi connectivity index (χ1n) is 8.12. The minimum atomic E-state index is 0. The van der Waals surface area contributed by atoms with Crippen LogP contribution in [0.2, 0.25) is 0 Å². The molecule has 0 saturated carbocycles. The van der Waals surface area contributed by atoms with E-state index in [0.717, 1.165) is 19.6 Å². The molecule has 0 aromatic heterocycles. The molecule has 0 fully saturated rings. The van der Waals surface area contributed by atoms with Gasteiger partial charge in [-0.25, -0.2) is 0 Å². The van der Waals surface area contributed by atoms with Crippen molar-refractivity contribution in [3.63, 3.8) is 0 Å². The molecule has 0 amide bonds. The third-order valence-electron chi connectivity index (χ3n) is 4.41. The third-order valence-corrected chi connectivity index (χ3v) is 5.54. The van der Waals surface area contributed by atoms with Crippen molar-refractivity contribution in [3.8, 4) is 0 Å². The van der Waals surface area contributed by atoms with Crippen molar-refractivity contribution < 1.29 is 13.8 Å². The fourth-order valence-electron chi connectivity index (χ4n) is 3.20. The number of likely N-dealkylation sites (N-methyl/N-ethyl adjacent to an activating group) is 1. The number of hydrogen-bond donors (Lipinski definition) is 0. The number of fused-ring (bicyclic) bond motifs is 2. The lowest BCUT2D eigenvalue weighted by Crippen LogP contribution is -3.00. The molecule has 0 radical (unpaired) electrons. The van der Waals surface area contributed by atoms with Crippen LogP contribution in [0.1, 0.15) is 22.2 Å². The van der Waals surface area contributed by atoms with Gasteiger partial charge in [-0.15, -0.1) is 0 Å². The van der Waals surface area contributed by atoms with E-state index in [1.807, 2.05) is 11.8 Å². The van der Waals surface area contributed by atoms with Gasteiger partial charge in [0.15, 0.2) is 0 Å². The minimum absolute atomic E-state index is 0. The molecule has 124 valence electrons. The highest BCUT2D eigenvalue weighted by Crippen LogP contribution is 2.47. The summed E-state index contributed by atoms with van der Waals surface area (Å²) in [4.78, 5) is 7.72. The maximum absolute atomic E-state index is 2.52. The van der Waals surface area contributed by atoms with Crippen molar-refractivity contribution in [2.75, 3.05) is 24.5 Å². The summed E-state index contributed by atoms with van der Waals surface area (Å²) in [6, 6.07) is 18.0. The molecule has 3 rings (SSSR count). The standard InChI is InChI=1S/C19H24N2S.ClH/c1-4-20(5-2)15(3)14-21-16-10-6-8-12-18(16)22-19-13-9-7-11-17(19)21;/h6-13,15H,4-5,14H2,1-3H3;1H. The predicted molar refractivity (Wildman–Crippen MR) is 97.5 cm³/mol. The van der Waals surface area contributed by atoms with Crippen LogP contribution in [-0.4, -0.2) is 30.6 Å².